The van der Waals surface area contributed by atoms with E-state index in [9.17, 15) is 4.79 Å². The lowest BCUT2D eigenvalue weighted by molar-refractivity contribution is -0.0291. The second kappa shape index (κ2) is 45.8. The van der Waals surface area contributed by atoms with Gasteiger partial charge in [0.15, 0.2) is 6.10 Å². The van der Waals surface area contributed by atoms with Gasteiger partial charge in [0, 0.05) is 26.3 Å². The van der Waals surface area contributed by atoms with Gasteiger partial charge < -0.3 is 24.8 Å². The van der Waals surface area contributed by atoms with Crippen LogP contribution in [0.25, 0.3) is 0 Å². The van der Waals surface area contributed by atoms with Crippen LogP contribution in [0.3, 0.4) is 0 Å². The van der Waals surface area contributed by atoms with Gasteiger partial charge in [0.05, 0.1) is 13.2 Å². The van der Waals surface area contributed by atoms with Crippen molar-refractivity contribution in [3.05, 3.63) is 24.3 Å². The molecule has 6 nitrogen and oxygen atoms in total. The van der Waals surface area contributed by atoms with Crippen molar-refractivity contribution in [2.24, 2.45) is 0 Å². The number of alkyl carbamates (subject to hydrolysis) is 1. The molecule has 0 radical (unpaired) electrons. The topological polar surface area (TPSA) is 68.8 Å². The average Bonchev–Trinajstić information content (AvgIpc) is 3.15. The largest absolute Gasteiger partial charge is 0.441 e. The summed E-state index contributed by atoms with van der Waals surface area (Å²) in [5.74, 6) is 0. The molecule has 0 aliphatic rings. The highest BCUT2D eigenvalue weighted by Crippen LogP contribution is 2.12. The summed E-state index contributed by atoms with van der Waals surface area (Å²) in [5, 5.41) is 6.21. The number of unbranched alkanes of at least 4 members (excludes halogenated alkanes) is 25. The molecule has 0 spiro atoms. The lowest BCUT2D eigenvalue weighted by atomic mass is 10.1. The molecule has 2 N–H and O–H groups in total. The average molecular weight is 735 g/mol. The van der Waals surface area contributed by atoms with Crippen molar-refractivity contribution in [2.45, 2.75) is 219 Å². The normalized spacial score (nSPS) is 12.4. The van der Waals surface area contributed by atoms with Crippen LogP contribution in [0, 0.1) is 0 Å². The Morgan fingerprint density at radius 2 is 0.808 bits per heavy atom. The second-order valence-electron chi connectivity index (χ2n) is 15.1. The minimum absolute atomic E-state index is 0.378. The number of amides is 1. The Morgan fingerprint density at radius 1 is 0.442 bits per heavy atom. The summed E-state index contributed by atoms with van der Waals surface area (Å²) in [6.45, 7) is 11.2. The number of allylic oxidation sites excluding steroid dienone is 4. The summed E-state index contributed by atoms with van der Waals surface area (Å²) in [7, 11) is 0. The molecule has 0 aromatic rings. The molecule has 0 fully saturated rings. The van der Waals surface area contributed by atoms with Gasteiger partial charge in [0.2, 0.25) is 0 Å². The van der Waals surface area contributed by atoms with E-state index < -0.39 is 0 Å². The highest BCUT2D eigenvalue weighted by Gasteiger charge is 2.15. The second-order valence-corrected chi connectivity index (χ2v) is 15.1. The first-order chi connectivity index (χ1) is 25.7. The van der Waals surface area contributed by atoms with Gasteiger partial charge in [0.1, 0.15) is 0 Å². The van der Waals surface area contributed by atoms with Crippen molar-refractivity contribution < 1.29 is 19.0 Å². The lowest BCUT2D eigenvalue weighted by Gasteiger charge is -2.19. The van der Waals surface area contributed by atoms with Crippen LogP contribution in [-0.2, 0) is 14.2 Å². The maximum absolute atomic E-state index is 12.4. The van der Waals surface area contributed by atoms with E-state index in [4.69, 9.17) is 14.2 Å². The zero-order chi connectivity index (χ0) is 37.7. The molecule has 0 saturated carbocycles. The summed E-state index contributed by atoms with van der Waals surface area (Å²) >= 11 is 0. The molecule has 0 bridgehead atoms. The molecular formula is C46H90N2O4. The zero-order valence-electron chi connectivity index (χ0n) is 35.2. The molecule has 0 aliphatic carbocycles. The van der Waals surface area contributed by atoms with E-state index in [-0.39, 0.29) is 12.2 Å². The molecule has 308 valence electrons. The van der Waals surface area contributed by atoms with Crippen LogP contribution >= 0.6 is 0 Å². The van der Waals surface area contributed by atoms with Crippen LogP contribution in [0.5, 0.6) is 0 Å². The van der Waals surface area contributed by atoms with E-state index in [1.807, 2.05) is 0 Å². The van der Waals surface area contributed by atoms with E-state index in [0.717, 1.165) is 32.4 Å². The summed E-state index contributed by atoms with van der Waals surface area (Å²) in [4.78, 5) is 12.4. The highest BCUT2D eigenvalue weighted by atomic mass is 16.6. The molecule has 0 heterocycles. The first kappa shape index (κ1) is 50.6. The predicted octanol–water partition coefficient (Wildman–Crippen LogP) is 13.6. The van der Waals surface area contributed by atoms with Gasteiger partial charge in [-0.05, 0) is 77.2 Å². The van der Waals surface area contributed by atoms with E-state index in [0.29, 0.717) is 33.0 Å². The number of hydrogen-bond acceptors (Lipinski definition) is 5. The molecule has 0 unspecified atom stereocenters. The Kier molecular flexibility index (Phi) is 44.6. The van der Waals surface area contributed by atoms with Gasteiger partial charge in [-0.25, -0.2) is 4.79 Å². The molecule has 0 aliphatic heterocycles. The van der Waals surface area contributed by atoms with Crippen molar-refractivity contribution in [1.29, 1.82) is 0 Å². The van der Waals surface area contributed by atoms with Gasteiger partial charge in [0.25, 0.3) is 0 Å². The van der Waals surface area contributed by atoms with Gasteiger partial charge in [-0.2, -0.15) is 0 Å². The minimum atomic E-state index is -0.385. The summed E-state index contributed by atoms with van der Waals surface area (Å²) in [6, 6.07) is 0. The fourth-order valence-electron chi connectivity index (χ4n) is 6.32. The molecule has 1 amide bonds. The number of hydrogen-bond donors (Lipinski definition) is 2. The fraction of sp³-hybridized carbons (Fsp3) is 0.891. The molecule has 0 aromatic carbocycles. The maximum atomic E-state index is 12.4. The summed E-state index contributed by atoms with van der Waals surface area (Å²) in [6.07, 6.45) is 47.5. The van der Waals surface area contributed by atoms with Crippen LogP contribution in [0.15, 0.2) is 24.3 Å². The van der Waals surface area contributed by atoms with E-state index in [1.54, 1.807) is 0 Å². The van der Waals surface area contributed by atoms with Gasteiger partial charge in [-0.15, -0.1) is 0 Å². The SMILES string of the molecule is CCCCCCCCC=CCCCCCCCCOCC(COCCCCCCCCC=CCCCCCCCC)OC(=O)NCCNCCCC. The van der Waals surface area contributed by atoms with Gasteiger partial charge >= 0.3 is 6.09 Å². The minimum Gasteiger partial charge on any atom is -0.441 e. The third-order valence-electron chi connectivity index (χ3n) is 9.76. The number of carbonyl (C=O) groups excluding carboxylic acids is 1. The Morgan fingerprint density at radius 3 is 1.21 bits per heavy atom. The predicted molar refractivity (Wildman–Crippen MR) is 227 cm³/mol. The van der Waals surface area contributed by atoms with Crippen molar-refractivity contribution in [3.8, 4) is 0 Å². The van der Waals surface area contributed by atoms with E-state index in [1.165, 1.54) is 173 Å². The molecule has 6 heteroatoms. The Labute approximate surface area is 324 Å². The third kappa shape index (κ3) is 43.0. The quantitative estimate of drug-likeness (QED) is 0.0482. The van der Waals surface area contributed by atoms with Gasteiger partial charge in [-0.3, -0.25) is 0 Å². The molecular weight excluding hydrogens is 645 g/mol. The van der Waals surface area contributed by atoms with Crippen molar-refractivity contribution in [1.82, 2.24) is 10.6 Å². The van der Waals surface area contributed by atoms with Gasteiger partial charge in [-0.1, -0.05) is 167 Å². The summed E-state index contributed by atoms with van der Waals surface area (Å²) in [5.41, 5.74) is 0. The van der Waals surface area contributed by atoms with E-state index in [2.05, 4.69) is 55.7 Å². The summed E-state index contributed by atoms with van der Waals surface area (Å²) < 4.78 is 17.6. The first-order valence-electron chi connectivity index (χ1n) is 22.8. The highest BCUT2D eigenvalue weighted by molar-refractivity contribution is 5.67. The number of nitrogens with one attached hydrogen (secondary N) is 2. The van der Waals surface area contributed by atoms with Crippen molar-refractivity contribution in [3.63, 3.8) is 0 Å². The Hall–Kier alpha value is -1.37. The zero-order valence-corrected chi connectivity index (χ0v) is 35.2. The van der Waals surface area contributed by atoms with Crippen LogP contribution < -0.4 is 10.6 Å². The third-order valence-corrected chi connectivity index (χ3v) is 9.76. The van der Waals surface area contributed by atoms with Crippen LogP contribution in [0.4, 0.5) is 4.79 Å². The first-order valence-corrected chi connectivity index (χ1v) is 22.8. The molecule has 52 heavy (non-hydrogen) atoms. The van der Waals surface area contributed by atoms with Crippen LogP contribution in [-0.4, -0.2) is 58.3 Å². The standard InChI is InChI=1S/C46H90N2O4/c1-4-7-10-12-14-16-18-20-22-24-26-28-30-32-34-36-41-50-43-45(52-46(49)48-40-39-47-38-9-6-3)44-51-42-37-35-33-31-29-27-25-23-21-19-17-15-13-11-8-5-2/h20-23,45,47H,4-19,24-44H2,1-3H3,(H,48,49). The Balaban J connectivity index is 3.97. The Bertz CT molecular complexity index is 698. The van der Waals surface area contributed by atoms with Crippen LogP contribution in [0.1, 0.15) is 213 Å². The molecule has 0 rings (SSSR count). The smallest absolute Gasteiger partial charge is 0.407 e. The van der Waals surface area contributed by atoms with E-state index >= 15 is 0 Å². The number of rotatable bonds is 43. The number of carbonyl (C=O) groups is 1. The number of ether oxygens (including phenoxy) is 3. The molecule has 0 atom stereocenters. The van der Waals surface area contributed by atoms with Crippen molar-refractivity contribution in [2.75, 3.05) is 46.1 Å². The van der Waals surface area contributed by atoms with Crippen LogP contribution in [0.2, 0.25) is 0 Å². The fourth-order valence-corrected chi connectivity index (χ4v) is 6.32. The molecule has 0 aromatic heterocycles. The molecule has 0 saturated heterocycles. The monoisotopic (exact) mass is 735 g/mol. The van der Waals surface area contributed by atoms with Crippen molar-refractivity contribution >= 4 is 6.09 Å². The lowest BCUT2D eigenvalue weighted by Crippen LogP contribution is -2.37. The maximum Gasteiger partial charge on any atom is 0.407 e.